The Morgan fingerprint density at radius 3 is 2.67 bits per heavy atom. The van der Waals surface area contributed by atoms with Gasteiger partial charge in [0, 0.05) is 0 Å². The van der Waals surface area contributed by atoms with Crippen LogP contribution in [0.2, 0.25) is 0 Å². The van der Waals surface area contributed by atoms with Gasteiger partial charge in [-0.2, -0.15) is 13.2 Å². The van der Waals surface area contributed by atoms with Gasteiger partial charge in [0.15, 0.2) is 0 Å². The molecule has 2 aliphatic rings. The average Bonchev–Trinajstić information content (AvgIpc) is 2.88. The molecule has 0 saturated carbocycles. The molecule has 0 bridgehead atoms. The lowest BCUT2D eigenvalue weighted by Crippen LogP contribution is -2.54. The molecule has 130 valence electrons. The smallest absolute Gasteiger partial charge is 0.349 e. The number of amides is 2. The van der Waals surface area contributed by atoms with Gasteiger partial charge in [0.25, 0.3) is 0 Å². The Bertz CT molecular complexity index is 672. The molecule has 0 aromatic heterocycles. The molecular weight excluding hydrogens is 321 g/mol. The first-order valence-electron chi connectivity index (χ1n) is 8.02. The molecule has 7 heteroatoms. The number of carbonyl (C=O) groups is 2. The van der Waals surface area contributed by atoms with Crippen molar-refractivity contribution in [3.05, 3.63) is 34.9 Å². The van der Waals surface area contributed by atoms with Crippen molar-refractivity contribution in [3.8, 4) is 0 Å². The van der Waals surface area contributed by atoms with E-state index in [9.17, 15) is 22.8 Å². The van der Waals surface area contributed by atoms with Gasteiger partial charge in [0.2, 0.25) is 11.8 Å². The van der Waals surface area contributed by atoms with Crippen molar-refractivity contribution in [2.24, 2.45) is 5.92 Å². The van der Waals surface area contributed by atoms with E-state index >= 15 is 0 Å². The lowest BCUT2D eigenvalue weighted by molar-refractivity contribution is -0.171. The van der Waals surface area contributed by atoms with Gasteiger partial charge in [-0.25, -0.2) is 0 Å². The van der Waals surface area contributed by atoms with E-state index in [1.54, 1.807) is 0 Å². The van der Waals surface area contributed by atoms with Crippen molar-refractivity contribution in [3.63, 3.8) is 0 Å². The van der Waals surface area contributed by atoms with E-state index in [0.29, 0.717) is 0 Å². The summed E-state index contributed by atoms with van der Waals surface area (Å²) in [6.07, 6.45) is -3.25. The van der Waals surface area contributed by atoms with Crippen LogP contribution >= 0.6 is 0 Å². The molecule has 1 aliphatic heterocycles. The zero-order valence-corrected chi connectivity index (χ0v) is 13.2. The number of hydrogen-bond donors (Lipinski definition) is 2. The molecule has 24 heavy (non-hydrogen) atoms. The third kappa shape index (κ3) is 3.25. The molecule has 2 amide bonds. The van der Waals surface area contributed by atoms with Crippen LogP contribution in [-0.2, 0) is 16.0 Å². The van der Waals surface area contributed by atoms with Crippen LogP contribution in [0.25, 0.3) is 0 Å². The standard InChI is InChI=1S/C17H19F3N2O2/c1-9-2-4-11-10(8-9)3-6-13(11)21-15(23)12-5-7-14(17(18,19)20)22-16(12)24/h2,4,8,12-14H,3,5-7H2,1H3,(H,21,23)(H,22,24). The number of carbonyl (C=O) groups excluding carboxylic acids is 2. The van der Waals surface area contributed by atoms with Gasteiger partial charge in [-0.3, -0.25) is 9.59 Å². The van der Waals surface area contributed by atoms with Crippen LogP contribution in [0.5, 0.6) is 0 Å². The molecule has 3 unspecified atom stereocenters. The Balaban J connectivity index is 1.64. The second kappa shape index (κ2) is 6.11. The molecule has 0 spiro atoms. The lowest BCUT2D eigenvalue weighted by Gasteiger charge is -2.30. The summed E-state index contributed by atoms with van der Waals surface area (Å²) in [7, 11) is 0. The highest BCUT2D eigenvalue weighted by atomic mass is 19.4. The van der Waals surface area contributed by atoms with E-state index in [-0.39, 0.29) is 18.9 Å². The lowest BCUT2D eigenvalue weighted by atomic mass is 9.92. The largest absolute Gasteiger partial charge is 0.408 e. The number of nitrogens with one attached hydrogen (secondary N) is 2. The SMILES string of the molecule is Cc1ccc2c(c1)CCC2NC(=O)C1CCC(C(F)(F)F)NC1=O. The topological polar surface area (TPSA) is 58.2 Å². The zero-order chi connectivity index (χ0) is 17.5. The summed E-state index contributed by atoms with van der Waals surface area (Å²) >= 11 is 0. The van der Waals surface area contributed by atoms with Crippen LogP contribution in [0.15, 0.2) is 18.2 Å². The Morgan fingerprint density at radius 1 is 1.25 bits per heavy atom. The van der Waals surface area contributed by atoms with Gasteiger partial charge in [-0.15, -0.1) is 0 Å². The molecule has 1 saturated heterocycles. The van der Waals surface area contributed by atoms with Crippen LogP contribution in [-0.4, -0.2) is 24.0 Å². The first-order valence-corrected chi connectivity index (χ1v) is 8.02. The maximum Gasteiger partial charge on any atom is 0.408 e. The summed E-state index contributed by atoms with van der Waals surface area (Å²) in [5, 5.41) is 4.74. The van der Waals surface area contributed by atoms with Gasteiger partial charge < -0.3 is 10.6 Å². The first kappa shape index (κ1) is 16.8. The summed E-state index contributed by atoms with van der Waals surface area (Å²) in [6, 6.07) is 3.96. The molecule has 4 nitrogen and oxygen atoms in total. The van der Waals surface area contributed by atoms with Crippen molar-refractivity contribution >= 4 is 11.8 Å². The average molecular weight is 340 g/mol. The quantitative estimate of drug-likeness (QED) is 0.813. The second-order valence-corrected chi connectivity index (χ2v) is 6.53. The molecule has 0 radical (unpaired) electrons. The summed E-state index contributed by atoms with van der Waals surface area (Å²) < 4.78 is 38.0. The number of halogens is 3. The van der Waals surface area contributed by atoms with E-state index < -0.39 is 30.0 Å². The van der Waals surface area contributed by atoms with Gasteiger partial charge in [0.1, 0.15) is 12.0 Å². The third-order valence-corrected chi connectivity index (χ3v) is 4.78. The molecule has 1 aliphatic carbocycles. The summed E-state index contributed by atoms with van der Waals surface area (Å²) in [5.41, 5.74) is 3.34. The van der Waals surface area contributed by atoms with E-state index in [1.165, 1.54) is 5.56 Å². The predicted molar refractivity (Wildman–Crippen MR) is 81.1 cm³/mol. The van der Waals surface area contributed by atoms with Crippen LogP contribution in [0.1, 0.15) is 42.0 Å². The van der Waals surface area contributed by atoms with Crippen LogP contribution in [0.3, 0.4) is 0 Å². The number of piperidine rings is 1. The van der Waals surface area contributed by atoms with E-state index in [2.05, 4.69) is 11.4 Å². The molecule has 3 rings (SSSR count). The predicted octanol–water partition coefficient (Wildman–Crippen LogP) is 2.56. The van der Waals surface area contributed by atoms with Crippen molar-refractivity contribution in [2.75, 3.05) is 0 Å². The van der Waals surface area contributed by atoms with E-state index in [4.69, 9.17) is 0 Å². The summed E-state index contributed by atoms with van der Waals surface area (Å²) in [6.45, 7) is 2.00. The summed E-state index contributed by atoms with van der Waals surface area (Å²) in [4.78, 5) is 24.2. The highest BCUT2D eigenvalue weighted by Crippen LogP contribution is 2.33. The first-order chi connectivity index (χ1) is 11.3. The minimum absolute atomic E-state index is 0.0880. The van der Waals surface area contributed by atoms with Crippen LogP contribution < -0.4 is 10.6 Å². The fourth-order valence-corrected chi connectivity index (χ4v) is 3.47. The minimum Gasteiger partial charge on any atom is -0.349 e. The van der Waals surface area contributed by atoms with Crippen LogP contribution in [0, 0.1) is 12.8 Å². The molecule has 1 aromatic rings. The molecule has 2 N–H and O–H groups in total. The number of benzene rings is 1. The van der Waals surface area contributed by atoms with Crippen molar-refractivity contribution in [1.82, 2.24) is 10.6 Å². The van der Waals surface area contributed by atoms with E-state index in [0.717, 1.165) is 24.0 Å². The Hall–Kier alpha value is -2.05. The fourth-order valence-electron chi connectivity index (χ4n) is 3.47. The van der Waals surface area contributed by atoms with Gasteiger partial charge in [0.05, 0.1) is 6.04 Å². The monoisotopic (exact) mass is 340 g/mol. The highest BCUT2D eigenvalue weighted by molar-refractivity contribution is 6.01. The Labute approximate surface area is 137 Å². The van der Waals surface area contributed by atoms with Crippen LogP contribution in [0.4, 0.5) is 13.2 Å². The molecule has 1 fully saturated rings. The maximum absolute atomic E-state index is 12.7. The normalized spacial score (nSPS) is 26.7. The number of aryl methyl sites for hydroxylation is 2. The second-order valence-electron chi connectivity index (χ2n) is 6.53. The molecule has 3 atom stereocenters. The third-order valence-electron chi connectivity index (χ3n) is 4.78. The van der Waals surface area contributed by atoms with Gasteiger partial charge in [-0.1, -0.05) is 23.8 Å². The maximum atomic E-state index is 12.7. The number of alkyl halides is 3. The van der Waals surface area contributed by atoms with Gasteiger partial charge >= 0.3 is 6.18 Å². The van der Waals surface area contributed by atoms with Crippen molar-refractivity contribution < 1.29 is 22.8 Å². The van der Waals surface area contributed by atoms with Crippen molar-refractivity contribution in [1.29, 1.82) is 0 Å². The Morgan fingerprint density at radius 2 is 2.00 bits per heavy atom. The molecule has 1 aromatic carbocycles. The summed E-state index contributed by atoms with van der Waals surface area (Å²) in [5.74, 6) is -2.40. The highest BCUT2D eigenvalue weighted by Gasteiger charge is 2.46. The minimum atomic E-state index is -4.47. The number of fused-ring (bicyclic) bond motifs is 1. The van der Waals surface area contributed by atoms with Crippen molar-refractivity contribution in [2.45, 2.75) is 50.9 Å². The van der Waals surface area contributed by atoms with E-state index in [1.807, 2.05) is 24.4 Å². The molecular formula is C17H19F3N2O2. The van der Waals surface area contributed by atoms with Gasteiger partial charge in [-0.05, 0) is 43.7 Å². The zero-order valence-electron chi connectivity index (χ0n) is 13.2. The molecule has 1 heterocycles. The number of rotatable bonds is 2. The Kier molecular flexibility index (Phi) is 4.27. The number of hydrogen-bond acceptors (Lipinski definition) is 2. The fraction of sp³-hybridized carbons (Fsp3) is 0.529.